The van der Waals surface area contributed by atoms with Gasteiger partial charge in [-0.25, -0.2) is 0 Å². The van der Waals surface area contributed by atoms with E-state index in [2.05, 4.69) is 25.2 Å². The van der Waals surface area contributed by atoms with Crippen molar-refractivity contribution in [1.82, 2.24) is 0 Å². The minimum Gasteiger partial charge on any atom is -0.481 e. The fourth-order valence-corrected chi connectivity index (χ4v) is 4.51. The molecule has 0 fully saturated rings. The van der Waals surface area contributed by atoms with E-state index in [1.54, 1.807) is 17.8 Å². The maximum absolute atomic E-state index is 11.0. The second-order valence-corrected chi connectivity index (χ2v) is 9.59. The lowest BCUT2D eigenvalue weighted by Gasteiger charge is -2.19. The molecule has 0 spiro atoms. The van der Waals surface area contributed by atoms with Crippen LogP contribution < -0.4 is 0 Å². The quantitative estimate of drug-likeness (QED) is 0.111. The largest absolute Gasteiger partial charge is 0.481 e. The van der Waals surface area contributed by atoms with E-state index in [0.717, 1.165) is 24.0 Å². The molecule has 0 aromatic heterocycles. The van der Waals surface area contributed by atoms with Gasteiger partial charge in [0.2, 0.25) is 0 Å². The molecule has 0 aliphatic rings. The Morgan fingerprint density at radius 1 is 0.943 bits per heavy atom. The molecule has 6 heteroatoms. The van der Waals surface area contributed by atoms with Crippen LogP contribution in [0.2, 0.25) is 0 Å². The van der Waals surface area contributed by atoms with Crippen molar-refractivity contribution in [2.24, 2.45) is 0 Å². The van der Waals surface area contributed by atoms with Crippen molar-refractivity contribution in [2.75, 3.05) is 0 Å². The summed E-state index contributed by atoms with van der Waals surface area (Å²) in [6.07, 6.45) is 22.2. The number of hydrogen-bond acceptors (Lipinski definition) is 4. The van der Waals surface area contributed by atoms with E-state index < -0.39 is 18.0 Å². The third kappa shape index (κ3) is 16.7. The highest BCUT2D eigenvalue weighted by atomic mass is 32.2. The van der Waals surface area contributed by atoms with Crippen LogP contribution in [0.3, 0.4) is 0 Å². The molecule has 35 heavy (non-hydrogen) atoms. The Morgan fingerprint density at radius 3 is 2.46 bits per heavy atom. The topological polar surface area (TPSA) is 94.8 Å². The van der Waals surface area contributed by atoms with Crippen LogP contribution in [0, 0.1) is 0 Å². The lowest BCUT2D eigenvalue weighted by molar-refractivity contribution is -0.137. The van der Waals surface area contributed by atoms with Crippen LogP contribution in [0.5, 0.6) is 0 Å². The van der Waals surface area contributed by atoms with Crippen molar-refractivity contribution in [1.29, 1.82) is 0 Å². The summed E-state index contributed by atoms with van der Waals surface area (Å²) in [5.41, 5.74) is 1.74. The number of hydrogen-bond donors (Lipinski definition) is 3. The zero-order chi connectivity index (χ0) is 25.7. The van der Waals surface area contributed by atoms with Crippen LogP contribution >= 0.6 is 11.8 Å². The second-order valence-electron chi connectivity index (χ2n) is 8.42. The molecule has 0 amide bonds. The standard InChI is InChI=1S/C29H40O5S/c1-2-3-4-5-6-7-8-9-10-11-12-13-19-27(26(30)18-15-20-28(31)32)35-23-25-17-14-16-24(21-25)22-29(33)34/h6-7,9-14,16-17,19,21,26-27,30H,2-5,8,15,18,20,22-23H2,1H3,(H,31,32)(H,33,34)/b7-6-,10-9-,12-11+,19-13+/t26-,27-/m0/s1. The number of carboxylic acids is 2. The van der Waals surface area contributed by atoms with Gasteiger partial charge in [0.05, 0.1) is 12.5 Å². The van der Waals surface area contributed by atoms with Crippen LogP contribution in [0.4, 0.5) is 0 Å². The van der Waals surface area contributed by atoms with Crippen LogP contribution in [-0.4, -0.2) is 38.6 Å². The average Bonchev–Trinajstić information content (AvgIpc) is 2.81. The Hall–Kier alpha value is -2.57. The summed E-state index contributed by atoms with van der Waals surface area (Å²) in [4.78, 5) is 21.8. The Bertz CT molecular complexity index is 856. The molecule has 0 aliphatic carbocycles. The number of carboxylic acid groups (broad SMARTS) is 2. The maximum atomic E-state index is 11.0. The van der Waals surface area contributed by atoms with Crippen molar-refractivity contribution in [3.63, 3.8) is 0 Å². The summed E-state index contributed by atoms with van der Waals surface area (Å²) in [5, 5.41) is 28.3. The fraction of sp³-hybridized carbons (Fsp3) is 0.448. The minimum atomic E-state index is -0.867. The lowest BCUT2D eigenvalue weighted by Crippen LogP contribution is -2.21. The Morgan fingerprint density at radius 2 is 1.71 bits per heavy atom. The molecule has 0 unspecified atom stereocenters. The van der Waals surface area contributed by atoms with Crippen molar-refractivity contribution in [3.05, 3.63) is 84.0 Å². The van der Waals surface area contributed by atoms with Crippen molar-refractivity contribution in [2.45, 2.75) is 81.8 Å². The van der Waals surface area contributed by atoms with E-state index in [0.29, 0.717) is 18.6 Å². The molecule has 1 aromatic carbocycles. The lowest BCUT2D eigenvalue weighted by atomic mass is 10.1. The highest BCUT2D eigenvalue weighted by Crippen LogP contribution is 2.25. The monoisotopic (exact) mass is 500 g/mol. The van der Waals surface area contributed by atoms with Crippen LogP contribution in [0.15, 0.2) is 72.9 Å². The van der Waals surface area contributed by atoms with Crippen LogP contribution in [-0.2, 0) is 21.8 Å². The molecule has 0 radical (unpaired) electrons. The fourth-order valence-electron chi connectivity index (χ4n) is 3.38. The van der Waals surface area contributed by atoms with E-state index in [1.165, 1.54) is 19.3 Å². The van der Waals surface area contributed by atoms with Gasteiger partial charge in [-0.15, -0.1) is 11.8 Å². The molecule has 0 saturated carbocycles. The van der Waals surface area contributed by atoms with Crippen LogP contribution in [0.25, 0.3) is 0 Å². The van der Waals surface area contributed by atoms with Gasteiger partial charge in [-0.2, -0.15) is 0 Å². The van der Waals surface area contributed by atoms with Crippen LogP contribution in [0.1, 0.15) is 69.4 Å². The zero-order valence-electron chi connectivity index (χ0n) is 20.7. The van der Waals surface area contributed by atoms with Gasteiger partial charge in [-0.05, 0) is 43.2 Å². The van der Waals surface area contributed by atoms with Crippen molar-refractivity contribution < 1.29 is 24.9 Å². The highest BCUT2D eigenvalue weighted by molar-refractivity contribution is 7.99. The molecule has 1 rings (SSSR count). The van der Waals surface area contributed by atoms with Gasteiger partial charge < -0.3 is 15.3 Å². The Balaban J connectivity index is 2.63. The third-order valence-electron chi connectivity index (χ3n) is 5.24. The molecule has 2 atom stereocenters. The molecule has 1 aromatic rings. The molecule has 0 heterocycles. The summed E-state index contributed by atoms with van der Waals surface area (Å²) in [6, 6.07) is 7.46. The molecular formula is C29H40O5S. The number of unbranched alkanes of at least 4 members (excludes halogenated alkanes) is 3. The van der Waals surface area contributed by atoms with Gasteiger partial charge in [0.1, 0.15) is 0 Å². The maximum Gasteiger partial charge on any atom is 0.307 e. The summed E-state index contributed by atoms with van der Waals surface area (Å²) < 4.78 is 0. The molecule has 192 valence electrons. The van der Waals surface area contributed by atoms with Gasteiger partial charge in [0.15, 0.2) is 0 Å². The van der Waals surface area contributed by atoms with Gasteiger partial charge in [0, 0.05) is 17.4 Å². The summed E-state index contributed by atoms with van der Waals surface area (Å²) in [6.45, 7) is 2.21. The molecule has 5 nitrogen and oxygen atoms in total. The third-order valence-corrected chi connectivity index (χ3v) is 6.60. The summed E-state index contributed by atoms with van der Waals surface area (Å²) in [7, 11) is 0. The molecule has 0 aliphatic heterocycles. The van der Waals surface area contributed by atoms with Crippen molar-refractivity contribution in [3.8, 4) is 0 Å². The van der Waals surface area contributed by atoms with Gasteiger partial charge in [-0.1, -0.05) is 92.6 Å². The Kier molecular flexibility index (Phi) is 17.2. The number of allylic oxidation sites excluding steroid dienone is 7. The summed E-state index contributed by atoms with van der Waals surface area (Å²) in [5.74, 6) is -1.11. The smallest absolute Gasteiger partial charge is 0.307 e. The molecule has 0 bridgehead atoms. The normalized spacial score (nSPS) is 13.9. The SMILES string of the molecule is CCCCC/C=C\C\C=C/C=C/C=C/[C@H](SCc1cccc(CC(=O)O)c1)[C@@H](O)CCCC(=O)O. The first kappa shape index (κ1) is 30.5. The molecular weight excluding hydrogens is 460 g/mol. The van der Waals surface area contributed by atoms with Gasteiger partial charge >= 0.3 is 11.9 Å². The number of aliphatic carboxylic acids is 2. The molecule has 3 N–H and O–H groups in total. The van der Waals surface area contributed by atoms with E-state index in [-0.39, 0.29) is 18.1 Å². The number of carbonyl (C=O) groups is 2. The first-order valence-corrected chi connectivity index (χ1v) is 13.4. The van der Waals surface area contributed by atoms with E-state index in [1.807, 2.05) is 48.6 Å². The van der Waals surface area contributed by atoms with Gasteiger partial charge in [0.25, 0.3) is 0 Å². The number of thioether (sulfide) groups is 1. The summed E-state index contributed by atoms with van der Waals surface area (Å²) >= 11 is 1.56. The number of rotatable bonds is 19. The van der Waals surface area contributed by atoms with E-state index in [4.69, 9.17) is 10.2 Å². The predicted octanol–water partition coefficient (Wildman–Crippen LogP) is 6.73. The second kappa shape index (κ2) is 19.7. The van der Waals surface area contributed by atoms with E-state index >= 15 is 0 Å². The molecule has 0 saturated heterocycles. The average molecular weight is 501 g/mol. The number of benzene rings is 1. The van der Waals surface area contributed by atoms with E-state index in [9.17, 15) is 14.7 Å². The number of aliphatic hydroxyl groups excluding tert-OH is 1. The first-order chi connectivity index (χ1) is 16.9. The zero-order valence-corrected chi connectivity index (χ0v) is 21.5. The van der Waals surface area contributed by atoms with Crippen molar-refractivity contribution >= 4 is 23.7 Å². The number of aliphatic hydroxyl groups is 1. The minimum absolute atomic E-state index is 0.0212. The Labute approximate surface area is 214 Å². The highest BCUT2D eigenvalue weighted by Gasteiger charge is 2.17. The first-order valence-electron chi connectivity index (χ1n) is 12.4. The van der Waals surface area contributed by atoms with Gasteiger partial charge in [-0.3, -0.25) is 9.59 Å². The predicted molar refractivity (Wildman–Crippen MR) is 146 cm³/mol.